The summed E-state index contributed by atoms with van der Waals surface area (Å²) in [6.45, 7) is 5.42. The molecule has 2 heteroatoms. The van der Waals surface area contributed by atoms with Crippen molar-refractivity contribution in [1.29, 1.82) is 0 Å². The van der Waals surface area contributed by atoms with Crippen LogP contribution in [0.4, 0.5) is 0 Å². The van der Waals surface area contributed by atoms with Crippen LogP contribution in [0.15, 0.2) is 55.1 Å². The highest BCUT2D eigenvalue weighted by molar-refractivity contribution is 5.82. The number of benzene rings is 1. The molecule has 0 heterocycles. The van der Waals surface area contributed by atoms with Crippen molar-refractivity contribution < 1.29 is 9.53 Å². The summed E-state index contributed by atoms with van der Waals surface area (Å²) < 4.78 is 5.18. The van der Waals surface area contributed by atoms with Crippen LogP contribution in [0.1, 0.15) is 18.6 Å². The number of rotatable bonds is 4. The van der Waals surface area contributed by atoms with Gasteiger partial charge in [0.25, 0.3) is 0 Å². The first-order valence-electron chi connectivity index (χ1n) is 4.78. The molecule has 0 fully saturated rings. The number of esters is 1. The summed E-state index contributed by atoms with van der Waals surface area (Å²) >= 11 is 0. The van der Waals surface area contributed by atoms with Crippen LogP contribution in [-0.2, 0) is 9.53 Å². The highest BCUT2D eigenvalue weighted by Crippen LogP contribution is 2.18. The Kier molecular flexibility index (Phi) is 4.35. The molecule has 0 N–H and O–H groups in total. The third-order valence-electron chi connectivity index (χ3n) is 1.89. The van der Waals surface area contributed by atoms with Gasteiger partial charge in [-0.1, -0.05) is 43.0 Å². The monoisotopic (exact) mass is 202 g/mol. The molecule has 0 saturated heterocycles. The molecule has 1 aromatic carbocycles. The van der Waals surface area contributed by atoms with Gasteiger partial charge in [-0.25, -0.2) is 4.79 Å². The molecular weight excluding hydrogens is 188 g/mol. The van der Waals surface area contributed by atoms with E-state index in [1.165, 1.54) is 6.08 Å². The van der Waals surface area contributed by atoms with Crippen molar-refractivity contribution in [3.8, 4) is 0 Å². The predicted molar refractivity (Wildman–Crippen MR) is 60.3 cm³/mol. The fourth-order valence-corrected chi connectivity index (χ4v) is 1.20. The molecule has 0 amide bonds. The molecule has 78 valence electrons. The van der Waals surface area contributed by atoms with Crippen molar-refractivity contribution in [3.63, 3.8) is 0 Å². The Labute approximate surface area is 89.9 Å². The van der Waals surface area contributed by atoms with Gasteiger partial charge >= 0.3 is 5.97 Å². The molecular formula is C13H14O2. The summed E-state index contributed by atoms with van der Waals surface area (Å²) in [5.41, 5.74) is 0.922. The van der Waals surface area contributed by atoms with Crippen molar-refractivity contribution in [3.05, 3.63) is 60.7 Å². The highest BCUT2D eigenvalue weighted by atomic mass is 16.5. The first-order valence-corrected chi connectivity index (χ1v) is 4.78. The maximum Gasteiger partial charge on any atom is 0.331 e. The molecule has 1 aromatic rings. The first-order chi connectivity index (χ1) is 7.27. The van der Waals surface area contributed by atoms with Gasteiger partial charge in [-0.15, -0.1) is 0 Å². The zero-order chi connectivity index (χ0) is 11.1. The van der Waals surface area contributed by atoms with Gasteiger partial charge in [0, 0.05) is 6.08 Å². The van der Waals surface area contributed by atoms with Gasteiger partial charge < -0.3 is 4.74 Å². The van der Waals surface area contributed by atoms with Gasteiger partial charge in [0.2, 0.25) is 0 Å². The number of allylic oxidation sites excluding steroid dienone is 1. The lowest BCUT2D eigenvalue weighted by molar-refractivity contribution is -0.141. The third kappa shape index (κ3) is 3.43. The molecule has 0 spiro atoms. The summed E-state index contributed by atoms with van der Waals surface area (Å²) in [5, 5.41) is 0. The minimum Gasteiger partial charge on any atom is -0.450 e. The van der Waals surface area contributed by atoms with Crippen molar-refractivity contribution in [2.24, 2.45) is 0 Å². The predicted octanol–water partition coefficient (Wildman–Crippen LogP) is 3.03. The van der Waals surface area contributed by atoms with E-state index in [0.29, 0.717) is 0 Å². The number of ether oxygens (including phenoxy) is 1. The Morgan fingerprint density at radius 1 is 1.40 bits per heavy atom. The van der Waals surface area contributed by atoms with E-state index in [-0.39, 0.29) is 12.1 Å². The lowest BCUT2D eigenvalue weighted by Crippen LogP contribution is -2.06. The molecule has 15 heavy (non-hydrogen) atoms. The van der Waals surface area contributed by atoms with E-state index in [1.807, 2.05) is 30.3 Å². The van der Waals surface area contributed by atoms with Crippen LogP contribution in [0.5, 0.6) is 0 Å². The standard InChI is InChI=1S/C13H14O2/c1-3-8-13(14)15-12(4-2)11-9-6-5-7-10-11/h3-10,12H,2H2,1H3/b8-3+. The first kappa shape index (κ1) is 11.2. The molecule has 0 aliphatic rings. The van der Waals surface area contributed by atoms with Crippen LogP contribution < -0.4 is 0 Å². The van der Waals surface area contributed by atoms with Crippen LogP contribution >= 0.6 is 0 Å². The molecule has 0 saturated carbocycles. The third-order valence-corrected chi connectivity index (χ3v) is 1.89. The Morgan fingerprint density at radius 3 is 2.60 bits per heavy atom. The topological polar surface area (TPSA) is 26.3 Å². The molecule has 0 radical (unpaired) electrons. The largest absolute Gasteiger partial charge is 0.450 e. The van der Waals surface area contributed by atoms with Crippen LogP contribution in [0, 0.1) is 0 Å². The number of hydrogen-bond donors (Lipinski definition) is 0. The Hall–Kier alpha value is -1.83. The smallest absolute Gasteiger partial charge is 0.331 e. The molecule has 0 aromatic heterocycles. The second-order valence-electron chi connectivity index (χ2n) is 3.00. The molecule has 0 aliphatic carbocycles. The summed E-state index contributed by atoms with van der Waals surface area (Å²) in [7, 11) is 0. The van der Waals surface area contributed by atoms with Crippen LogP contribution in [0.25, 0.3) is 0 Å². The quantitative estimate of drug-likeness (QED) is 0.426. The van der Waals surface area contributed by atoms with Crippen molar-refractivity contribution in [1.82, 2.24) is 0 Å². The molecule has 0 bridgehead atoms. The van der Waals surface area contributed by atoms with Gasteiger partial charge in [0.1, 0.15) is 6.10 Å². The van der Waals surface area contributed by atoms with E-state index in [1.54, 1.807) is 19.1 Å². The average molecular weight is 202 g/mol. The Morgan fingerprint density at radius 2 is 2.07 bits per heavy atom. The van der Waals surface area contributed by atoms with Crippen molar-refractivity contribution in [2.75, 3.05) is 0 Å². The van der Waals surface area contributed by atoms with E-state index in [2.05, 4.69) is 6.58 Å². The summed E-state index contributed by atoms with van der Waals surface area (Å²) in [6, 6.07) is 9.51. The number of carbonyl (C=O) groups excluding carboxylic acids is 1. The summed E-state index contributed by atoms with van der Waals surface area (Å²) in [4.78, 5) is 11.2. The number of carbonyl (C=O) groups is 1. The fourth-order valence-electron chi connectivity index (χ4n) is 1.20. The van der Waals surface area contributed by atoms with Crippen molar-refractivity contribution >= 4 is 5.97 Å². The van der Waals surface area contributed by atoms with E-state index in [4.69, 9.17) is 4.74 Å². The van der Waals surface area contributed by atoms with Crippen LogP contribution in [0.2, 0.25) is 0 Å². The SMILES string of the molecule is C=CC(OC(=O)/C=C/C)c1ccccc1. The van der Waals surface area contributed by atoms with Gasteiger partial charge in [-0.2, -0.15) is 0 Å². The lowest BCUT2D eigenvalue weighted by atomic mass is 10.1. The summed E-state index contributed by atoms with van der Waals surface area (Å²) in [5.74, 6) is -0.355. The second kappa shape index (κ2) is 5.81. The maximum absolute atomic E-state index is 11.2. The Bertz CT molecular complexity index is 352. The molecule has 1 atom stereocenters. The average Bonchev–Trinajstić information content (AvgIpc) is 2.27. The van der Waals surface area contributed by atoms with E-state index < -0.39 is 0 Å². The molecule has 2 nitrogen and oxygen atoms in total. The van der Waals surface area contributed by atoms with Gasteiger partial charge in [0.05, 0.1) is 0 Å². The normalized spacial score (nSPS) is 12.3. The second-order valence-corrected chi connectivity index (χ2v) is 3.00. The van der Waals surface area contributed by atoms with E-state index in [9.17, 15) is 4.79 Å². The van der Waals surface area contributed by atoms with Gasteiger partial charge in [-0.3, -0.25) is 0 Å². The maximum atomic E-state index is 11.2. The zero-order valence-corrected chi connectivity index (χ0v) is 8.72. The molecule has 0 aliphatic heterocycles. The minimum atomic E-state index is -0.380. The van der Waals surface area contributed by atoms with E-state index >= 15 is 0 Å². The van der Waals surface area contributed by atoms with E-state index in [0.717, 1.165) is 5.56 Å². The number of hydrogen-bond acceptors (Lipinski definition) is 2. The fraction of sp³-hybridized carbons (Fsp3) is 0.154. The minimum absolute atomic E-state index is 0.355. The molecule has 1 rings (SSSR count). The Balaban J connectivity index is 2.73. The van der Waals surface area contributed by atoms with Crippen LogP contribution in [-0.4, -0.2) is 5.97 Å². The van der Waals surface area contributed by atoms with Gasteiger partial charge in [0.15, 0.2) is 0 Å². The van der Waals surface area contributed by atoms with Gasteiger partial charge in [-0.05, 0) is 18.6 Å². The highest BCUT2D eigenvalue weighted by Gasteiger charge is 2.10. The van der Waals surface area contributed by atoms with Crippen molar-refractivity contribution in [2.45, 2.75) is 13.0 Å². The summed E-state index contributed by atoms with van der Waals surface area (Å²) in [6.07, 6.45) is 4.26. The molecule has 1 unspecified atom stereocenters. The lowest BCUT2D eigenvalue weighted by Gasteiger charge is -2.12. The zero-order valence-electron chi connectivity index (χ0n) is 8.72. The van der Waals surface area contributed by atoms with Crippen LogP contribution in [0.3, 0.4) is 0 Å².